The maximum absolute atomic E-state index is 4.27. The average Bonchev–Trinajstić information content (AvgIpc) is 2.39. The summed E-state index contributed by atoms with van der Waals surface area (Å²) in [5, 5.41) is 0. The number of hydrogen-bond donors (Lipinski definition) is 0. The molecule has 0 heterocycles. The number of benzene rings is 1. The van der Waals surface area contributed by atoms with Crippen molar-refractivity contribution in [1.82, 2.24) is 0 Å². The van der Waals surface area contributed by atoms with Crippen LogP contribution in [0.3, 0.4) is 0 Å². The van der Waals surface area contributed by atoms with Gasteiger partial charge in [-0.1, -0.05) is 49.9 Å². The lowest BCUT2D eigenvalue weighted by Crippen LogP contribution is -1.94. The van der Waals surface area contributed by atoms with Crippen LogP contribution in [0.4, 0.5) is 0 Å². The third-order valence-corrected chi connectivity index (χ3v) is 3.38. The first-order valence-electron chi connectivity index (χ1n) is 6.38. The SMILES string of the molecule is C=C(C1=CCCC=C1)c1cc(CC)ccc1C. The predicted octanol–water partition coefficient (Wildman–Crippen LogP) is 4.85. The van der Waals surface area contributed by atoms with Crippen LogP contribution in [0.1, 0.15) is 36.5 Å². The number of rotatable bonds is 3. The first-order chi connectivity index (χ1) is 8.22. The Balaban J connectivity index is 2.36. The van der Waals surface area contributed by atoms with Crippen LogP contribution >= 0.6 is 0 Å². The highest BCUT2D eigenvalue weighted by molar-refractivity contribution is 5.82. The zero-order valence-corrected chi connectivity index (χ0v) is 10.8. The molecule has 0 saturated carbocycles. The Hall–Kier alpha value is -1.56. The molecule has 1 aliphatic carbocycles. The molecule has 0 radical (unpaired) electrons. The summed E-state index contributed by atoms with van der Waals surface area (Å²) in [6.45, 7) is 8.62. The topological polar surface area (TPSA) is 0 Å². The molecule has 0 bridgehead atoms. The summed E-state index contributed by atoms with van der Waals surface area (Å²) in [6, 6.07) is 6.69. The van der Waals surface area contributed by atoms with E-state index in [0.29, 0.717) is 0 Å². The fourth-order valence-electron chi connectivity index (χ4n) is 2.21. The molecule has 0 spiro atoms. The second kappa shape index (κ2) is 5.18. The van der Waals surface area contributed by atoms with Crippen molar-refractivity contribution in [3.63, 3.8) is 0 Å². The molecule has 0 nitrogen and oxygen atoms in total. The Morgan fingerprint density at radius 3 is 2.76 bits per heavy atom. The van der Waals surface area contributed by atoms with Gasteiger partial charge in [-0.15, -0.1) is 0 Å². The molecule has 88 valence electrons. The minimum Gasteiger partial charge on any atom is -0.0906 e. The average molecular weight is 224 g/mol. The smallest absolute Gasteiger partial charge is 0.0152 e. The van der Waals surface area contributed by atoms with Crippen molar-refractivity contribution >= 4 is 5.57 Å². The van der Waals surface area contributed by atoms with Gasteiger partial charge >= 0.3 is 0 Å². The van der Waals surface area contributed by atoms with Crippen molar-refractivity contribution < 1.29 is 0 Å². The van der Waals surface area contributed by atoms with Gasteiger partial charge in [0, 0.05) is 0 Å². The van der Waals surface area contributed by atoms with Crippen molar-refractivity contribution in [2.45, 2.75) is 33.1 Å². The van der Waals surface area contributed by atoms with Gasteiger partial charge in [0.15, 0.2) is 0 Å². The first kappa shape index (κ1) is 11.9. The first-order valence-corrected chi connectivity index (χ1v) is 6.38. The van der Waals surface area contributed by atoms with E-state index in [0.717, 1.165) is 24.8 Å². The Bertz CT molecular complexity index is 487. The number of hydrogen-bond acceptors (Lipinski definition) is 0. The Morgan fingerprint density at radius 2 is 2.12 bits per heavy atom. The van der Waals surface area contributed by atoms with E-state index < -0.39 is 0 Å². The number of allylic oxidation sites excluding steroid dienone is 5. The van der Waals surface area contributed by atoms with E-state index in [1.807, 2.05) is 0 Å². The van der Waals surface area contributed by atoms with Crippen molar-refractivity contribution in [1.29, 1.82) is 0 Å². The molecule has 2 rings (SSSR count). The molecule has 0 amide bonds. The van der Waals surface area contributed by atoms with Gasteiger partial charge in [0.05, 0.1) is 0 Å². The van der Waals surface area contributed by atoms with Gasteiger partial charge in [0.1, 0.15) is 0 Å². The van der Waals surface area contributed by atoms with E-state index >= 15 is 0 Å². The van der Waals surface area contributed by atoms with Crippen LogP contribution in [0.15, 0.2) is 48.6 Å². The van der Waals surface area contributed by atoms with Crippen LogP contribution < -0.4 is 0 Å². The van der Waals surface area contributed by atoms with Gasteiger partial charge in [-0.25, -0.2) is 0 Å². The largest absolute Gasteiger partial charge is 0.0906 e. The second-order valence-corrected chi connectivity index (χ2v) is 4.62. The van der Waals surface area contributed by atoms with E-state index in [2.05, 4.69) is 56.9 Å². The molecule has 0 saturated heterocycles. The summed E-state index contributed by atoms with van der Waals surface area (Å²) in [7, 11) is 0. The summed E-state index contributed by atoms with van der Waals surface area (Å²) in [5.74, 6) is 0. The van der Waals surface area contributed by atoms with Crippen molar-refractivity contribution in [2.24, 2.45) is 0 Å². The molecule has 17 heavy (non-hydrogen) atoms. The normalized spacial score (nSPS) is 14.6. The van der Waals surface area contributed by atoms with E-state index in [1.165, 1.54) is 22.3 Å². The predicted molar refractivity (Wildman–Crippen MR) is 76.0 cm³/mol. The fraction of sp³-hybridized carbons (Fsp3) is 0.294. The van der Waals surface area contributed by atoms with Gasteiger partial charge in [-0.2, -0.15) is 0 Å². The monoisotopic (exact) mass is 224 g/mol. The van der Waals surface area contributed by atoms with E-state index in [-0.39, 0.29) is 0 Å². The third kappa shape index (κ3) is 2.58. The maximum atomic E-state index is 4.27. The van der Waals surface area contributed by atoms with E-state index in [4.69, 9.17) is 0 Å². The van der Waals surface area contributed by atoms with Gasteiger partial charge in [-0.3, -0.25) is 0 Å². The highest BCUT2D eigenvalue weighted by Gasteiger charge is 2.08. The molecule has 1 aromatic rings. The van der Waals surface area contributed by atoms with E-state index in [1.54, 1.807) is 0 Å². The molecular weight excluding hydrogens is 204 g/mol. The number of aryl methyl sites for hydroxylation is 2. The highest BCUT2D eigenvalue weighted by atomic mass is 14.1. The fourth-order valence-corrected chi connectivity index (χ4v) is 2.21. The van der Waals surface area contributed by atoms with Crippen molar-refractivity contribution in [3.05, 3.63) is 65.3 Å². The minimum absolute atomic E-state index is 1.08. The van der Waals surface area contributed by atoms with Crippen LogP contribution in [-0.2, 0) is 6.42 Å². The molecular formula is C17H20. The lowest BCUT2D eigenvalue weighted by atomic mass is 9.91. The highest BCUT2D eigenvalue weighted by Crippen LogP contribution is 2.28. The van der Waals surface area contributed by atoms with Crippen LogP contribution in [-0.4, -0.2) is 0 Å². The summed E-state index contributed by atoms with van der Waals surface area (Å²) >= 11 is 0. The lowest BCUT2D eigenvalue weighted by molar-refractivity contribution is 1.03. The van der Waals surface area contributed by atoms with Crippen LogP contribution in [0.2, 0.25) is 0 Å². The van der Waals surface area contributed by atoms with Crippen molar-refractivity contribution in [3.8, 4) is 0 Å². The van der Waals surface area contributed by atoms with Crippen LogP contribution in [0, 0.1) is 6.92 Å². The van der Waals surface area contributed by atoms with Crippen LogP contribution in [0.5, 0.6) is 0 Å². The molecule has 0 fully saturated rings. The molecule has 0 atom stereocenters. The molecule has 0 unspecified atom stereocenters. The van der Waals surface area contributed by atoms with Gasteiger partial charge < -0.3 is 0 Å². The summed E-state index contributed by atoms with van der Waals surface area (Å²) < 4.78 is 0. The Labute approximate surface area is 104 Å². The molecule has 0 aliphatic heterocycles. The molecule has 0 aromatic heterocycles. The van der Waals surface area contributed by atoms with Gasteiger partial charge in [0.25, 0.3) is 0 Å². The summed E-state index contributed by atoms with van der Waals surface area (Å²) in [6.07, 6.45) is 10.1. The summed E-state index contributed by atoms with van der Waals surface area (Å²) in [4.78, 5) is 0. The zero-order chi connectivity index (χ0) is 12.3. The Kier molecular flexibility index (Phi) is 3.63. The van der Waals surface area contributed by atoms with Crippen LogP contribution in [0.25, 0.3) is 5.57 Å². The maximum Gasteiger partial charge on any atom is -0.0152 e. The third-order valence-electron chi connectivity index (χ3n) is 3.38. The Morgan fingerprint density at radius 1 is 1.29 bits per heavy atom. The zero-order valence-electron chi connectivity index (χ0n) is 10.8. The molecule has 1 aliphatic rings. The molecule has 0 N–H and O–H groups in total. The summed E-state index contributed by atoms with van der Waals surface area (Å²) in [5.41, 5.74) is 6.43. The minimum atomic E-state index is 1.08. The lowest BCUT2D eigenvalue weighted by Gasteiger charge is -2.14. The molecule has 0 heteroatoms. The van der Waals surface area contributed by atoms with Crippen molar-refractivity contribution in [2.75, 3.05) is 0 Å². The molecule has 1 aromatic carbocycles. The van der Waals surface area contributed by atoms with E-state index in [9.17, 15) is 0 Å². The standard InChI is InChI=1S/C17H20/c1-4-15-11-10-13(2)17(12-15)14(3)16-8-6-5-7-9-16/h6,8-12H,3-5,7H2,1-2H3. The van der Waals surface area contributed by atoms with Gasteiger partial charge in [-0.05, 0) is 54.0 Å². The van der Waals surface area contributed by atoms with Gasteiger partial charge in [0.2, 0.25) is 0 Å². The second-order valence-electron chi connectivity index (χ2n) is 4.62. The quantitative estimate of drug-likeness (QED) is 0.688.